The van der Waals surface area contributed by atoms with Gasteiger partial charge in [-0.2, -0.15) is 0 Å². The van der Waals surface area contributed by atoms with Crippen molar-refractivity contribution in [2.75, 3.05) is 7.11 Å². The van der Waals surface area contributed by atoms with Crippen molar-refractivity contribution < 1.29 is 9.53 Å². The molecule has 1 rings (SSSR count). The van der Waals surface area contributed by atoms with E-state index in [0.717, 1.165) is 0 Å². The minimum Gasteiger partial charge on any atom is -0.468 e. The molecule has 0 aromatic carbocycles. The van der Waals surface area contributed by atoms with Crippen molar-refractivity contribution in [1.82, 2.24) is 14.8 Å². The van der Waals surface area contributed by atoms with Crippen LogP contribution in [0.15, 0.2) is 9.95 Å². The highest BCUT2D eigenvalue weighted by molar-refractivity contribution is 8.00. The summed E-state index contributed by atoms with van der Waals surface area (Å²) >= 11 is 1.19. The van der Waals surface area contributed by atoms with Crippen LogP contribution in [0.1, 0.15) is 13.8 Å². The molecule has 0 fully saturated rings. The van der Waals surface area contributed by atoms with Crippen LogP contribution < -0.4 is 5.69 Å². The molecule has 1 unspecified atom stereocenters. The van der Waals surface area contributed by atoms with Gasteiger partial charge in [-0.3, -0.25) is 9.36 Å². The maximum Gasteiger partial charge on any atom is 0.343 e. The van der Waals surface area contributed by atoms with Gasteiger partial charge in [-0.05, 0) is 13.8 Å². The van der Waals surface area contributed by atoms with E-state index in [0.29, 0.717) is 11.7 Å². The number of esters is 1. The molecule has 84 valence electrons. The number of carbonyl (C=O) groups excluding carboxylic acids is 1. The lowest BCUT2D eigenvalue weighted by Gasteiger charge is -2.07. The monoisotopic (exact) mass is 231 g/mol. The van der Waals surface area contributed by atoms with Crippen LogP contribution in [-0.2, 0) is 16.1 Å². The van der Waals surface area contributed by atoms with Gasteiger partial charge in [-0.25, -0.2) is 9.89 Å². The molecule has 0 aliphatic rings. The molecule has 1 N–H and O–H groups in total. The minimum absolute atomic E-state index is 0.267. The fourth-order valence-corrected chi connectivity index (χ4v) is 1.99. The van der Waals surface area contributed by atoms with Crippen LogP contribution in [0.3, 0.4) is 0 Å². The number of aromatic nitrogens is 3. The van der Waals surface area contributed by atoms with E-state index in [-0.39, 0.29) is 16.9 Å². The summed E-state index contributed by atoms with van der Waals surface area (Å²) in [6.45, 7) is 4.06. The number of ether oxygens (including phenoxy) is 1. The summed E-state index contributed by atoms with van der Waals surface area (Å²) in [7, 11) is 1.33. The van der Waals surface area contributed by atoms with Gasteiger partial charge in [-0.15, -0.1) is 5.10 Å². The summed E-state index contributed by atoms with van der Waals surface area (Å²) in [5, 5.41) is 6.28. The molecule has 15 heavy (non-hydrogen) atoms. The second-order valence-electron chi connectivity index (χ2n) is 2.84. The molecule has 1 aromatic rings. The van der Waals surface area contributed by atoms with Gasteiger partial charge >= 0.3 is 11.7 Å². The Hall–Kier alpha value is -1.24. The Morgan fingerprint density at radius 2 is 2.40 bits per heavy atom. The molecule has 0 saturated carbocycles. The van der Waals surface area contributed by atoms with E-state index < -0.39 is 0 Å². The van der Waals surface area contributed by atoms with Crippen molar-refractivity contribution in [3.8, 4) is 0 Å². The zero-order valence-electron chi connectivity index (χ0n) is 8.81. The molecule has 0 aliphatic heterocycles. The van der Waals surface area contributed by atoms with Gasteiger partial charge in [0.15, 0.2) is 5.16 Å². The van der Waals surface area contributed by atoms with E-state index in [9.17, 15) is 9.59 Å². The van der Waals surface area contributed by atoms with Crippen LogP contribution in [0.4, 0.5) is 0 Å². The highest BCUT2D eigenvalue weighted by Gasteiger charge is 2.18. The molecule has 0 radical (unpaired) electrons. The quantitative estimate of drug-likeness (QED) is 0.593. The molecule has 1 heterocycles. The number of rotatable bonds is 4. The third kappa shape index (κ3) is 2.62. The van der Waals surface area contributed by atoms with Crippen LogP contribution in [0.2, 0.25) is 0 Å². The Labute approximate surface area is 91.0 Å². The molecule has 0 amide bonds. The topological polar surface area (TPSA) is 77.0 Å². The molecule has 1 atom stereocenters. The number of methoxy groups -OCH3 is 1. The predicted molar refractivity (Wildman–Crippen MR) is 55.9 cm³/mol. The first-order valence-corrected chi connectivity index (χ1v) is 5.37. The van der Waals surface area contributed by atoms with Crippen LogP contribution >= 0.6 is 11.8 Å². The standard InChI is InChI=1S/C8H13N3O3S/c1-4-11-7(13)9-10-8(11)15-5(2)6(12)14-3/h5H,4H2,1-3H3,(H,9,13). The van der Waals surface area contributed by atoms with Crippen LogP contribution in [0.25, 0.3) is 0 Å². The Morgan fingerprint density at radius 1 is 1.73 bits per heavy atom. The van der Waals surface area contributed by atoms with Crippen LogP contribution in [0, 0.1) is 0 Å². The van der Waals surface area contributed by atoms with Gasteiger partial charge in [0, 0.05) is 6.54 Å². The lowest BCUT2D eigenvalue weighted by molar-refractivity contribution is -0.139. The van der Waals surface area contributed by atoms with Crippen molar-refractivity contribution in [1.29, 1.82) is 0 Å². The lowest BCUT2D eigenvalue weighted by Crippen LogP contribution is -2.19. The van der Waals surface area contributed by atoms with Gasteiger partial charge in [0.05, 0.1) is 7.11 Å². The molecule has 7 heteroatoms. The number of nitrogens with one attached hydrogen (secondary N) is 1. The summed E-state index contributed by atoms with van der Waals surface area (Å²) in [4.78, 5) is 22.4. The van der Waals surface area contributed by atoms with Gasteiger partial charge in [0.25, 0.3) is 0 Å². The van der Waals surface area contributed by atoms with Gasteiger partial charge in [0.1, 0.15) is 5.25 Å². The first-order valence-electron chi connectivity index (χ1n) is 4.49. The SMILES string of the molecule is CCn1c(SC(C)C(=O)OC)n[nH]c1=O. The minimum atomic E-state index is -0.379. The first kappa shape index (κ1) is 11.8. The van der Waals surface area contributed by atoms with Gasteiger partial charge < -0.3 is 4.74 Å². The van der Waals surface area contributed by atoms with Crippen molar-refractivity contribution >= 4 is 17.7 Å². The van der Waals surface area contributed by atoms with E-state index in [1.54, 1.807) is 6.92 Å². The van der Waals surface area contributed by atoms with E-state index in [4.69, 9.17) is 0 Å². The summed E-state index contributed by atoms with van der Waals surface area (Å²) in [6.07, 6.45) is 0. The average Bonchev–Trinajstić information content (AvgIpc) is 2.57. The largest absolute Gasteiger partial charge is 0.468 e. The van der Waals surface area contributed by atoms with Crippen LogP contribution in [-0.4, -0.2) is 33.1 Å². The smallest absolute Gasteiger partial charge is 0.343 e. The molecular formula is C8H13N3O3S. The maximum absolute atomic E-state index is 11.2. The summed E-state index contributed by atoms with van der Waals surface area (Å²) in [6, 6.07) is 0. The van der Waals surface area contributed by atoms with E-state index in [1.165, 1.54) is 23.4 Å². The first-order chi connectivity index (χ1) is 7.10. The molecule has 0 aliphatic carbocycles. The average molecular weight is 231 g/mol. The van der Waals surface area contributed by atoms with Crippen molar-refractivity contribution in [3.63, 3.8) is 0 Å². The number of carbonyl (C=O) groups is 1. The van der Waals surface area contributed by atoms with Crippen LogP contribution in [0.5, 0.6) is 0 Å². The van der Waals surface area contributed by atoms with E-state index in [1.807, 2.05) is 6.92 Å². The van der Waals surface area contributed by atoms with Crippen molar-refractivity contribution in [3.05, 3.63) is 10.5 Å². The van der Waals surface area contributed by atoms with Crippen molar-refractivity contribution in [2.24, 2.45) is 0 Å². The molecule has 0 spiro atoms. The Bertz CT molecular complexity index is 398. The summed E-state index contributed by atoms with van der Waals surface area (Å²) < 4.78 is 6.04. The maximum atomic E-state index is 11.2. The molecule has 6 nitrogen and oxygen atoms in total. The summed E-state index contributed by atoms with van der Waals surface area (Å²) in [5.74, 6) is -0.335. The highest BCUT2D eigenvalue weighted by Crippen LogP contribution is 2.20. The zero-order valence-corrected chi connectivity index (χ0v) is 9.63. The Kier molecular flexibility index (Phi) is 3.96. The summed E-state index contributed by atoms with van der Waals surface area (Å²) in [5.41, 5.74) is -0.267. The second-order valence-corrected chi connectivity index (χ2v) is 4.15. The third-order valence-electron chi connectivity index (χ3n) is 1.85. The molecular weight excluding hydrogens is 218 g/mol. The molecule has 1 aromatic heterocycles. The normalized spacial score (nSPS) is 12.5. The fourth-order valence-electron chi connectivity index (χ4n) is 1.04. The Balaban J connectivity index is 2.80. The number of hydrogen-bond acceptors (Lipinski definition) is 5. The third-order valence-corrected chi connectivity index (χ3v) is 2.92. The number of thioether (sulfide) groups is 1. The zero-order chi connectivity index (χ0) is 11.4. The number of hydrogen-bond donors (Lipinski definition) is 1. The van der Waals surface area contributed by atoms with E-state index >= 15 is 0 Å². The molecule has 0 saturated heterocycles. The van der Waals surface area contributed by atoms with E-state index in [2.05, 4.69) is 14.9 Å². The number of nitrogens with zero attached hydrogens (tertiary/aromatic N) is 2. The highest BCUT2D eigenvalue weighted by atomic mass is 32.2. The second kappa shape index (κ2) is 5.01. The number of H-pyrrole nitrogens is 1. The number of aromatic amines is 1. The van der Waals surface area contributed by atoms with Gasteiger partial charge in [-0.1, -0.05) is 11.8 Å². The lowest BCUT2D eigenvalue weighted by atomic mass is 10.5. The predicted octanol–water partition coefficient (Wildman–Crippen LogP) is 0.245. The van der Waals surface area contributed by atoms with Crippen molar-refractivity contribution in [2.45, 2.75) is 30.8 Å². The fraction of sp³-hybridized carbons (Fsp3) is 0.625. The Morgan fingerprint density at radius 3 is 2.93 bits per heavy atom. The van der Waals surface area contributed by atoms with Gasteiger partial charge in [0.2, 0.25) is 0 Å². The molecule has 0 bridgehead atoms.